The molecule has 1 N–H and O–H groups in total. The van der Waals surface area contributed by atoms with Crippen molar-refractivity contribution in [2.24, 2.45) is 0 Å². The molecule has 0 spiro atoms. The van der Waals surface area contributed by atoms with Crippen molar-refractivity contribution in [1.82, 2.24) is 10.2 Å². The Hall–Kier alpha value is -0.850. The lowest BCUT2D eigenvalue weighted by Gasteiger charge is -2.42. The zero-order valence-electron chi connectivity index (χ0n) is 16.1. The summed E-state index contributed by atoms with van der Waals surface area (Å²) < 4.78 is 14.4. The maximum Gasteiger partial charge on any atom is 0.124 e. The molecule has 5 nitrogen and oxygen atoms in total. The van der Waals surface area contributed by atoms with Gasteiger partial charge in [-0.25, -0.2) is 0 Å². The van der Waals surface area contributed by atoms with E-state index in [9.17, 15) is 5.26 Å². The van der Waals surface area contributed by atoms with Crippen molar-refractivity contribution >= 4 is 56.7 Å². The zero-order valence-corrected chi connectivity index (χ0v) is 20.9. The molecule has 9 heteroatoms. The Labute approximate surface area is 206 Å². The summed E-state index contributed by atoms with van der Waals surface area (Å²) >= 11 is 7.07. The van der Waals surface area contributed by atoms with Crippen molar-refractivity contribution in [3.8, 4) is 11.8 Å². The first-order valence-corrected chi connectivity index (χ1v) is 10.9. The fourth-order valence-electron chi connectivity index (χ4n) is 3.87. The van der Waals surface area contributed by atoms with Gasteiger partial charge in [0.15, 0.2) is 0 Å². The average Bonchev–Trinajstić information content (AvgIpc) is 2.71. The molecule has 1 saturated heterocycles. The minimum atomic E-state index is -0.0997. The van der Waals surface area contributed by atoms with Gasteiger partial charge in [0, 0.05) is 40.7 Å². The second-order valence-electron chi connectivity index (χ2n) is 7.03. The average molecular weight is 580 g/mol. The van der Waals surface area contributed by atoms with Gasteiger partial charge in [-0.2, -0.15) is 5.26 Å². The highest BCUT2D eigenvalue weighted by Crippen LogP contribution is 2.38. The van der Waals surface area contributed by atoms with E-state index < -0.39 is 0 Å². The number of fused-ring (bicyclic) bond motifs is 1. The first-order valence-electron chi connectivity index (χ1n) is 9.32. The summed E-state index contributed by atoms with van der Waals surface area (Å²) in [5.41, 5.74) is 2.79. The van der Waals surface area contributed by atoms with E-state index in [1.165, 1.54) is 0 Å². The summed E-state index contributed by atoms with van der Waals surface area (Å²) in [5.74, 6) is 0.854. The monoisotopic (exact) mass is 577 g/mol. The molecular formula is C21H23Br2Cl2N3O2. The lowest BCUT2D eigenvalue weighted by atomic mass is 9.94. The Bertz CT molecular complexity index is 884. The Morgan fingerprint density at radius 3 is 2.47 bits per heavy atom. The summed E-state index contributed by atoms with van der Waals surface area (Å²) in [7, 11) is 0. The van der Waals surface area contributed by atoms with Crippen LogP contribution in [0.1, 0.15) is 22.7 Å². The van der Waals surface area contributed by atoms with Crippen LogP contribution in [-0.2, 0) is 11.3 Å². The minimum Gasteiger partial charge on any atom is -0.490 e. The van der Waals surface area contributed by atoms with Gasteiger partial charge in [0.05, 0.1) is 24.3 Å². The van der Waals surface area contributed by atoms with E-state index in [1.807, 2.05) is 24.3 Å². The topological polar surface area (TPSA) is 57.5 Å². The largest absolute Gasteiger partial charge is 0.490 e. The molecular weight excluding hydrogens is 557 g/mol. The highest BCUT2D eigenvalue weighted by atomic mass is 79.9. The van der Waals surface area contributed by atoms with E-state index >= 15 is 0 Å². The number of nitrogens with zero attached hydrogens (tertiary/aromatic N) is 2. The highest BCUT2D eigenvalue weighted by Gasteiger charge is 2.36. The number of rotatable bonds is 4. The summed E-state index contributed by atoms with van der Waals surface area (Å²) in [6.45, 7) is 4.81. The van der Waals surface area contributed by atoms with Gasteiger partial charge in [-0.05, 0) is 42.0 Å². The van der Waals surface area contributed by atoms with Crippen LogP contribution in [0.25, 0.3) is 0 Å². The van der Waals surface area contributed by atoms with Crippen molar-refractivity contribution in [1.29, 1.82) is 5.26 Å². The number of halogens is 4. The molecule has 2 heterocycles. The van der Waals surface area contributed by atoms with Crippen LogP contribution in [0.3, 0.4) is 0 Å². The van der Waals surface area contributed by atoms with E-state index in [4.69, 9.17) is 9.47 Å². The number of hydrogen-bond acceptors (Lipinski definition) is 5. The number of nitrogens with one attached hydrogen (secondary N) is 1. The Morgan fingerprint density at radius 1 is 1.10 bits per heavy atom. The fraction of sp³-hybridized carbons (Fsp3) is 0.381. The molecule has 2 atom stereocenters. The SMILES string of the molecule is Cl.Cl.N#Cc1ccc2c(c1)C(N1CCNCC1)C(OCc1cc(Br)cc(Br)c1)CO2. The van der Waals surface area contributed by atoms with Crippen molar-refractivity contribution in [3.05, 3.63) is 62.0 Å². The third-order valence-electron chi connectivity index (χ3n) is 5.14. The van der Waals surface area contributed by atoms with E-state index in [1.54, 1.807) is 0 Å². The van der Waals surface area contributed by atoms with Gasteiger partial charge in [0.25, 0.3) is 0 Å². The van der Waals surface area contributed by atoms with Crippen molar-refractivity contribution < 1.29 is 9.47 Å². The predicted octanol–water partition coefficient (Wildman–Crippen LogP) is 4.85. The van der Waals surface area contributed by atoms with E-state index in [2.05, 4.69) is 60.3 Å². The minimum absolute atomic E-state index is 0. The number of benzene rings is 2. The standard InChI is InChI=1S/C21H21Br2N3O2.2ClH/c22-16-7-15(8-17(23)10-16)12-27-20-13-28-19-2-1-14(11-24)9-18(19)21(20)26-5-3-25-4-6-26;;/h1-2,7-10,20-21,25H,3-6,12-13H2;2*1H. The maximum atomic E-state index is 9.35. The Balaban J connectivity index is 0.00000160. The fourth-order valence-corrected chi connectivity index (χ4v) is 5.26. The van der Waals surface area contributed by atoms with Crippen LogP contribution in [0.4, 0.5) is 0 Å². The second kappa shape index (κ2) is 11.7. The molecule has 30 heavy (non-hydrogen) atoms. The summed E-state index contributed by atoms with van der Waals surface area (Å²) in [6, 6.07) is 14.1. The van der Waals surface area contributed by atoms with E-state index in [0.717, 1.165) is 52.0 Å². The van der Waals surface area contributed by atoms with Gasteiger partial charge in [-0.15, -0.1) is 24.8 Å². The lowest BCUT2D eigenvalue weighted by molar-refractivity contribution is -0.0617. The smallest absolute Gasteiger partial charge is 0.124 e. The molecule has 0 aliphatic carbocycles. The van der Waals surface area contributed by atoms with Crippen LogP contribution in [-0.4, -0.2) is 43.8 Å². The summed E-state index contributed by atoms with van der Waals surface area (Å²) in [5, 5.41) is 12.8. The van der Waals surface area contributed by atoms with E-state index in [-0.39, 0.29) is 37.0 Å². The second-order valence-corrected chi connectivity index (χ2v) is 8.86. The molecule has 2 aliphatic rings. The molecule has 2 aliphatic heterocycles. The zero-order chi connectivity index (χ0) is 19.5. The molecule has 0 amide bonds. The van der Waals surface area contributed by atoms with Gasteiger partial charge in [0.2, 0.25) is 0 Å². The van der Waals surface area contributed by atoms with Gasteiger partial charge >= 0.3 is 0 Å². The Morgan fingerprint density at radius 2 is 1.80 bits per heavy atom. The number of piperazine rings is 1. The molecule has 2 aromatic carbocycles. The van der Waals surface area contributed by atoms with Crippen molar-refractivity contribution in [3.63, 3.8) is 0 Å². The van der Waals surface area contributed by atoms with Crippen LogP contribution < -0.4 is 10.1 Å². The molecule has 2 unspecified atom stereocenters. The number of hydrogen-bond donors (Lipinski definition) is 1. The first kappa shape index (κ1) is 25.4. The van der Waals surface area contributed by atoms with E-state index in [0.29, 0.717) is 18.8 Å². The van der Waals surface area contributed by atoms with Crippen LogP contribution in [0.2, 0.25) is 0 Å². The van der Waals surface area contributed by atoms with Gasteiger partial charge < -0.3 is 14.8 Å². The maximum absolute atomic E-state index is 9.35. The third-order valence-corrected chi connectivity index (χ3v) is 6.06. The van der Waals surface area contributed by atoms with Crippen molar-refractivity contribution in [2.75, 3.05) is 32.8 Å². The molecule has 0 saturated carbocycles. The Kier molecular flexibility index (Phi) is 9.89. The van der Waals surface area contributed by atoms with Gasteiger partial charge in [0.1, 0.15) is 18.5 Å². The number of ether oxygens (including phenoxy) is 2. The molecule has 1 fully saturated rings. The van der Waals surface area contributed by atoms with Gasteiger partial charge in [-0.1, -0.05) is 31.9 Å². The molecule has 2 aromatic rings. The van der Waals surface area contributed by atoms with Crippen molar-refractivity contribution in [2.45, 2.75) is 18.8 Å². The van der Waals surface area contributed by atoms with Gasteiger partial charge in [-0.3, -0.25) is 4.90 Å². The molecule has 4 rings (SSSR count). The number of nitriles is 1. The molecule has 0 radical (unpaired) electrons. The normalized spacial score (nSPS) is 20.7. The van der Waals surface area contributed by atoms with Crippen LogP contribution >= 0.6 is 56.7 Å². The van der Waals surface area contributed by atoms with Crippen LogP contribution in [0.15, 0.2) is 45.3 Å². The third kappa shape index (κ3) is 5.89. The quantitative estimate of drug-likeness (QED) is 0.561. The molecule has 162 valence electrons. The highest BCUT2D eigenvalue weighted by molar-refractivity contribution is 9.11. The molecule has 0 aromatic heterocycles. The molecule has 0 bridgehead atoms. The first-order chi connectivity index (χ1) is 13.6. The lowest BCUT2D eigenvalue weighted by Crippen LogP contribution is -2.51. The van der Waals surface area contributed by atoms with Crippen LogP contribution in [0, 0.1) is 11.3 Å². The van der Waals surface area contributed by atoms with Crippen LogP contribution in [0.5, 0.6) is 5.75 Å². The predicted molar refractivity (Wildman–Crippen MR) is 129 cm³/mol. The summed E-state index contributed by atoms with van der Waals surface area (Å²) in [4.78, 5) is 2.44. The summed E-state index contributed by atoms with van der Waals surface area (Å²) in [6.07, 6.45) is -0.0997.